The summed E-state index contributed by atoms with van der Waals surface area (Å²) in [5.74, 6) is -0.839. The molecule has 0 heterocycles. The van der Waals surface area contributed by atoms with Gasteiger partial charge in [-0.1, -0.05) is 0 Å². The van der Waals surface area contributed by atoms with E-state index in [0.29, 0.717) is 12.5 Å². The lowest BCUT2D eigenvalue weighted by Gasteiger charge is -2.30. The number of carbonyl (C=O) groups is 2. The Morgan fingerprint density at radius 1 is 1.38 bits per heavy atom. The van der Waals surface area contributed by atoms with Gasteiger partial charge in [-0.15, -0.1) is 0 Å². The second-order valence-corrected chi connectivity index (χ2v) is 5.00. The number of aliphatic carboxylic acids is 1. The van der Waals surface area contributed by atoms with Crippen LogP contribution in [0.15, 0.2) is 0 Å². The van der Waals surface area contributed by atoms with Gasteiger partial charge in [0.1, 0.15) is 0 Å². The topological polar surface area (TPSA) is 78.4 Å². The lowest BCUT2D eigenvalue weighted by Crippen LogP contribution is -2.52. The lowest BCUT2D eigenvalue weighted by atomic mass is 9.93. The molecule has 0 unspecified atom stereocenters. The van der Waals surface area contributed by atoms with Crippen LogP contribution >= 0.6 is 0 Å². The van der Waals surface area contributed by atoms with Crippen molar-refractivity contribution in [3.63, 3.8) is 0 Å². The maximum atomic E-state index is 11.5. The molecule has 1 saturated carbocycles. The highest BCUT2D eigenvalue weighted by molar-refractivity contribution is 5.75. The highest BCUT2D eigenvalue weighted by atomic mass is 16.4. The summed E-state index contributed by atoms with van der Waals surface area (Å²) in [6.45, 7) is 3.66. The van der Waals surface area contributed by atoms with Crippen LogP contribution in [-0.4, -0.2) is 28.7 Å². The molecule has 0 aromatic heterocycles. The summed E-state index contributed by atoms with van der Waals surface area (Å²) in [6.07, 6.45) is 3.76. The Bertz CT molecular complexity index is 272. The summed E-state index contributed by atoms with van der Waals surface area (Å²) in [5.41, 5.74) is -0.480. The van der Waals surface area contributed by atoms with Crippen molar-refractivity contribution in [2.75, 3.05) is 0 Å². The molecule has 1 aliphatic rings. The predicted octanol–water partition coefficient (Wildman–Crippen LogP) is 1.48. The van der Waals surface area contributed by atoms with Crippen LogP contribution in [0.25, 0.3) is 0 Å². The van der Waals surface area contributed by atoms with Gasteiger partial charge in [-0.3, -0.25) is 4.79 Å². The monoisotopic (exact) mass is 228 g/mol. The minimum Gasteiger partial charge on any atom is -0.481 e. The molecule has 0 saturated heterocycles. The molecular formula is C11H20N2O3. The number of rotatable bonds is 5. The molecule has 16 heavy (non-hydrogen) atoms. The number of carbonyl (C=O) groups excluding carboxylic acids is 1. The van der Waals surface area contributed by atoms with Gasteiger partial charge in [0, 0.05) is 18.0 Å². The fourth-order valence-electron chi connectivity index (χ4n) is 1.56. The molecule has 0 atom stereocenters. The Morgan fingerprint density at radius 2 is 2.00 bits per heavy atom. The van der Waals surface area contributed by atoms with Gasteiger partial charge in [0.15, 0.2) is 0 Å². The van der Waals surface area contributed by atoms with E-state index in [4.69, 9.17) is 5.11 Å². The first-order valence-electron chi connectivity index (χ1n) is 5.69. The smallest absolute Gasteiger partial charge is 0.315 e. The number of hydrogen-bond acceptors (Lipinski definition) is 2. The van der Waals surface area contributed by atoms with Gasteiger partial charge >= 0.3 is 12.0 Å². The Labute approximate surface area is 95.6 Å². The normalized spacial score (nSPS) is 16.4. The van der Waals surface area contributed by atoms with Crippen molar-refractivity contribution >= 4 is 12.0 Å². The summed E-state index contributed by atoms with van der Waals surface area (Å²) in [7, 11) is 0. The van der Waals surface area contributed by atoms with Crippen LogP contribution < -0.4 is 10.6 Å². The Kier molecular flexibility index (Phi) is 4.15. The first-order chi connectivity index (χ1) is 7.39. The van der Waals surface area contributed by atoms with E-state index in [0.717, 1.165) is 12.8 Å². The van der Waals surface area contributed by atoms with Crippen molar-refractivity contribution in [1.82, 2.24) is 10.6 Å². The molecule has 1 fully saturated rings. The molecule has 5 heteroatoms. The van der Waals surface area contributed by atoms with Crippen LogP contribution in [-0.2, 0) is 4.79 Å². The van der Waals surface area contributed by atoms with E-state index < -0.39 is 11.5 Å². The summed E-state index contributed by atoms with van der Waals surface area (Å²) >= 11 is 0. The number of nitrogens with one attached hydrogen (secondary N) is 2. The molecule has 2 amide bonds. The van der Waals surface area contributed by atoms with E-state index in [1.807, 2.05) is 13.8 Å². The van der Waals surface area contributed by atoms with E-state index in [1.165, 1.54) is 6.42 Å². The molecule has 0 aliphatic heterocycles. The fraction of sp³-hybridized carbons (Fsp3) is 0.818. The molecule has 0 aromatic rings. The molecule has 0 radical (unpaired) electrons. The molecule has 0 spiro atoms. The van der Waals surface area contributed by atoms with Gasteiger partial charge < -0.3 is 15.7 Å². The van der Waals surface area contributed by atoms with Crippen molar-refractivity contribution in [2.24, 2.45) is 0 Å². The predicted molar refractivity (Wildman–Crippen MR) is 60.3 cm³/mol. The average Bonchev–Trinajstić information content (AvgIpc) is 2.08. The van der Waals surface area contributed by atoms with Crippen LogP contribution in [0.3, 0.4) is 0 Å². The minimum absolute atomic E-state index is 0.0662. The molecule has 0 aromatic carbocycles. The summed E-state index contributed by atoms with van der Waals surface area (Å²) in [5, 5.41) is 14.2. The minimum atomic E-state index is -0.839. The second kappa shape index (κ2) is 5.18. The largest absolute Gasteiger partial charge is 0.481 e. The highest BCUT2D eigenvalue weighted by Crippen LogP contribution is 2.18. The van der Waals surface area contributed by atoms with Crippen LogP contribution in [0.1, 0.15) is 46.0 Å². The first kappa shape index (κ1) is 12.8. The van der Waals surface area contributed by atoms with E-state index in [9.17, 15) is 9.59 Å². The van der Waals surface area contributed by atoms with Gasteiger partial charge in [0.05, 0.1) is 0 Å². The summed E-state index contributed by atoms with van der Waals surface area (Å²) in [4.78, 5) is 22.0. The summed E-state index contributed by atoms with van der Waals surface area (Å²) in [6, 6.07) is 0.107. The van der Waals surface area contributed by atoms with E-state index >= 15 is 0 Å². The second-order valence-electron chi connectivity index (χ2n) is 5.00. The fourth-order valence-corrected chi connectivity index (χ4v) is 1.56. The molecular weight excluding hydrogens is 208 g/mol. The van der Waals surface area contributed by atoms with Crippen molar-refractivity contribution in [2.45, 2.75) is 57.5 Å². The molecule has 1 rings (SSSR count). The number of carboxylic acid groups (broad SMARTS) is 1. The molecule has 5 nitrogen and oxygen atoms in total. The van der Waals surface area contributed by atoms with Crippen LogP contribution in [0.5, 0.6) is 0 Å². The average molecular weight is 228 g/mol. The zero-order chi connectivity index (χ0) is 12.2. The number of amides is 2. The summed E-state index contributed by atoms with van der Waals surface area (Å²) < 4.78 is 0. The molecule has 92 valence electrons. The third kappa shape index (κ3) is 4.51. The maximum Gasteiger partial charge on any atom is 0.315 e. The first-order valence-corrected chi connectivity index (χ1v) is 5.69. The van der Waals surface area contributed by atoms with Crippen LogP contribution in [0.4, 0.5) is 4.79 Å². The van der Waals surface area contributed by atoms with Gasteiger partial charge in [-0.05, 0) is 39.5 Å². The van der Waals surface area contributed by atoms with Gasteiger partial charge in [0.25, 0.3) is 0 Å². The Morgan fingerprint density at radius 3 is 2.44 bits per heavy atom. The van der Waals surface area contributed by atoms with Gasteiger partial charge in [-0.2, -0.15) is 0 Å². The molecule has 1 aliphatic carbocycles. The van der Waals surface area contributed by atoms with Crippen LogP contribution in [0, 0.1) is 0 Å². The molecule has 3 N–H and O–H groups in total. The maximum absolute atomic E-state index is 11.5. The zero-order valence-corrected chi connectivity index (χ0v) is 9.88. The van der Waals surface area contributed by atoms with E-state index in [-0.39, 0.29) is 12.5 Å². The van der Waals surface area contributed by atoms with Crippen molar-refractivity contribution in [1.29, 1.82) is 0 Å². The molecule has 0 bridgehead atoms. The van der Waals surface area contributed by atoms with Gasteiger partial charge in [0.2, 0.25) is 0 Å². The van der Waals surface area contributed by atoms with Crippen molar-refractivity contribution in [3.05, 3.63) is 0 Å². The number of urea groups is 1. The Hall–Kier alpha value is -1.26. The quantitative estimate of drug-likeness (QED) is 0.667. The third-order valence-corrected chi connectivity index (χ3v) is 2.86. The van der Waals surface area contributed by atoms with Gasteiger partial charge in [-0.25, -0.2) is 4.79 Å². The highest BCUT2D eigenvalue weighted by Gasteiger charge is 2.24. The van der Waals surface area contributed by atoms with E-state index in [2.05, 4.69) is 10.6 Å². The Balaban J connectivity index is 2.26. The zero-order valence-electron chi connectivity index (χ0n) is 9.88. The number of carboxylic acids is 1. The van der Waals surface area contributed by atoms with Crippen molar-refractivity contribution < 1.29 is 14.7 Å². The lowest BCUT2D eigenvalue weighted by molar-refractivity contribution is -0.137. The number of hydrogen-bond donors (Lipinski definition) is 3. The van der Waals surface area contributed by atoms with Crippen LogP contribution in [0.2, 0.25) is 0 Å². The SMILES string of the molecule is CC(C)(CCC(=O)O)NC(=O)NC1CCC1. The third-order valence-electron chi connectivity index (χ3n) is 2.86. The van der Waals surface area contributed by atoms with Crippen molar-refractivity contribution in [3.8, 4) is 0 Å². The standard InChI is InChI=1S/C11H20N2O3/c1-11(2,7-6-9(14)15)13-10(16)12-8-4-3-5-8/h8H,3-7H2,1-2H3,(H,14,15)(H2,12,13,16). The van der Waals surface area contributed by atoms with E-state index in [1.54, 1.807) is 0 Å².